The Bertz CT molecular complexity index is 803. The second kappa shape index (κ2) is 6.67. The van der Waals surface area contributed by atoms with Crippen LogP contribution in [0.2, 0.25) is 0 Å². The van der Waals surface area contributed by atoms with Gasteiger partial charge < -0.3 is 20.0 Å². The molecule has 1 aromatic heterocycles. The highest BCUT2D eigenvalue weighted by Crippen LogP contribution is 2.30. The third-order valence-electron chi connectivity index (χ3n) is 6.34. The summed E-state index contributed by atoms with van der Waals surface area (Å²) in [4.78, 5) is 20.2. The average Bonchev–Trinajstić information content (AvgIpc) is 3.14. The van der Waals surface area contributed by atoms with Crippen LogP contribution in [0.25, 0.3) is 11.1 Å². The minimum Gasteiger partial charge on any atom is -0.440 e. The van der Waals surface area contributed by atoms with Crippen molar-refractivity contribution in [2.45, 2.75) is 37.6 Å². The number of carbonyl (C=O) groups is 1. The maximum absolute atomic E-state index is 13.0. The molecule has 1 amide bonds. The summed E-state index contributed by atoms with van der Waals surface area (Å²) in [5.74, 6) is 1.73. The van der Waals surface area contributed by atoms with E-state index in [9.17, 15) is 4.79 Å². The van der Waals surface area contributed by atoms with Crippen molar-refractivity contribution in [1.29, 1.82) is 0 Å². The zero-order chi connectivity index (χ0) is 17.5. The normalized spacial score (nSPS) is 29.2. The molecule has 4 saturated heterocycles. The molecule has 0 unspecified atom stereocenters. The SMILES string of the molecule is O=C(N[C@@H]1CN2CCC1CC2)c1cccc2oc(C3CCNCC3)nc12. The van der Waals surface area contributed by atoms with E-state index in [0.717, 1.165) is 43.9 Å². The summed E-state index contributed by atoms with van der Waals surface area (Å²) in [6, 6.07) is 5.94. The topological polar surface area (TPSA) is 70.4 Å². The number of para-hydroxylation sites is 1. The number of hydrogen-bond donors (Lipinski definition) is 2. The predicted molar refractivity (Wildman–Crippen MR) is 99.3 cm³/mol. The molecule has 2 aromatic rings. The van der Waals surface area contributed by atoms with E-state index in [4.69, 9.17) is 9.40 Å². The van der Waals surface area contributed by atoms with Crippen molar-refractivity contribution in [3.05, 3.63) is 29.7 Å². The van der Waals surface area contributed by atoms with Gasteiger partial charge in [0.15, 0.2) is 11.5 Å². The van der Waals surface area contributed by atoms with Crippen LogP contribution in [0, 0.1) is 5.92 Å². The number of piperidine rings is 4. The van der Waals surface area contributed by atoms with Crippen LogP contribution in [0.1, 0.15) is 47.8 Å². The van der Waals surface area contributed by atoms with Gasteiger partial charge in [-0.1, -0.05) is 6.07 Å². The smallest absolute Gasteiger partial charge is 0.253 e. The van der Waals surface area contributed by atoms with Gasteiger partial charge in [0.25, 0.3) is 5.91 Å². The summed E-state index contributed by atoms with van der Waals surface area (Å²) >= 11 is 0. The third-order valence-corrected chi connectivity index (χ3v) is 6.34. The lowest BCUT2D eigenvalue weighted by atomic mass is 9.84. The number of nitrogens with one attached hydrogen (secondary N) is 2. The first-order chi connectivity index (χ1) is 12.8. The van der Waals surface area contributed by atoms with Gasteiger partial charge in [-0.15, -0.1) is 0 Å². The highest BCUT2D eigenvalue weighted by atomic mass is 16.3. The fourth-order valence-electron chi connectivity index (χ4n) is 4.77. The molecule has 6 rings (SSSR count). The quantitative estimate of drug-likeness (QED) is 0.884. The Balaban J connectivity index is 1.39. The number of rotatable bonds is 3. The molecule has 6 nitrogen and oxygen atoms in total. The zero-order valence-corrected chi connectivity index (χ0v) is 15.0. The van der Waals surface area contributed by atoms with Crippen LogP contribution in [-0.4, -0.2) is 54.6 Å². The number of nitrogens with zero attached hydrogens (tertiary/aromatic N) is 2. The number of fused-ring (bicyclic) bond motifs is 4. The lowest BCUT2D eigenvalue weighted by Crippen LogP contribution is -2.57. The van der Waals surface area contributed by atoms with Gasteiger partial charge in [0.1, 0.15) is 5.52 Å². The largest absolute Gasteiger partial charge is 0.440 e. The Labute approximate surface area is 153 Å². The Morgan fingerprint density at radius 2 is 2.00 bits per heavy atom. The van der Waals surface area contributed by atoms with Crippen molar-refractivity contribution in [3.63, 3.8) is 0 Å². The average molecular weight is 354 g/mol. The van der Waals surface area contributed by atoms with Crippen molar-refractivity contribution in [1.82, 2.24) is 20.5 Å². The molecule has 4 aliphatic rings. The van der Waals surface area contributed by atoms with Crippen molar-refractivity contribution >= 4 is 17.0 Å². The van der Waals surface area contributed by atoms with Gasteiger partial charge >= 0.3 is 0 Å². The Kier molecular flexibility index (Phi) is 4.17. The van der Waals surface area contributed by atoms with Crippen molar-refractivity contribution < 1.29 is 9.21 Å². The molecule has 4 aliphatic heterocycles. The Morgan fingerprint density at radius 1 is 1.19 bits per heavy atom. The van der Waals surface area contributed by atoms with Crippen LogP contribution < -0.4 is 10.6 Å². The van der Waals surface area contributed by atoms with Crippen LogP contribution in [0.15, 0.2) is 22.6 Å². The van der Waals surface area contributed by atoms with Crippen LogP contribution >= 0.6 is 0 Å². The third kappa shape index (κ3) is 2.91. The maximum atomic E-state index is 13.0. The summed E-state index contributed by atoms with van der Waals surface area (Å²) in [7, 11) is 0. The standard InChI is InChI=1S/C20H26N4O2/c25-19(22-16-12-24-10-6-13(16)7-11-24)15-2-1-3-17-18(15)23-20(26-17)14-4-8-21-9-5-14/h1-3,13-14,16,21H,4-12H2,(H,22,25)/t16-/m1/s1. The second-order valence-corrected chi connectivity index (χ2v) is 7.95. The summed E-state index contributed by atoms with van der Waals surface area (Å²) in [5, 5.41) is 6.64. The minimum absolute atomic E-state index is 0.0143. The fourth-order valence-corrected chi connectivity index (χ4v) is 4.77. The summed E-state index contributed by atoms with van der Waals surface area (Å²) in [6.45, 7) is 5.32. The molecule has 2 N–H and O–H groups in total. The number of aromatic nitrogens is 1. The van der Waals surface area contributed by atoms with E-state index >= 15 is 0 Å². The first-order valence-electron chi connectivity index (χ1n) is 9.91. The lowest BCUT2D eigenvalue weighted by molar-refractivity contribution is 0.0621. The Hall–Kier alpha value is -1.92. The van der Waals surface area contributed by atoms with E-state index < -0.39 is 0 Å². The predicted octanol–water partition coefficient (Wildman–Crippen LogP) is 2.12. The van der Waals surface area contributed by atoms with Gasteiger partial charge in [-0.2, -0.15) is 0 Å². The van der Waals surface area contributed by atoms with Crippen LogP contribution in [0.3, 0.4) is 0 Å². The van der Waals surface area contributed by atoms with Gasteiger partial charge in [-0.05, 0) is 69.9 Å². The molecule has 2 bridgehead atoms. The van der Waals surface area contributed by atoms with E-state index in [0.29, 0.717) is 22.9 Å². The summed E-state index contributed by atoms with van der Waals surface area (Å²) in [6.07, 6.45) is 4.46. The highest BCUT2D eigenvalue weighted by molar-refractivity contribution is 6.04. The van der Waals surface area contributed by atoms with E-state index in [2.05, 4.69) is 15.5 Å². The van der Waals surface area contributed by atoms with Crippen molar-refractivity contribution in [3.8, 4) is 0 Å². The number of benzene rings is 1. The van der Waals surface area contributed by atoms with Crippen molar-refractivity contribution in [2.24, 2.45) is 5.92 Å². The molecular formula is C20H26N4O2. The monoisotopic (exact) mass is 354 g/mol. The van der Waals surface area contributed by atoms with Crippen molar-refractivity contribution in [2.75, 3.05) is 32.7 Å². The molecule has 0 radical (unpaired) electrons. The molecule has 26 heavy (non-hydrogen) atoms. The van der Waals surface area contributed by atoms with Gasteiger partial charge in [-0.25, -0.2) is 4.98 Å². The van der Waals surface area contributed by atoms with Gasteiger partial charge in [0.05, 0.1) is 5.56 Å². The summed E-state index contributed by atoms with van der Waals surface area (Å²) < 4.78 is 6.01. The molecule has 0 spiro atoms. The van der Waals surface area contributed by atoms with E-state index in [-0.39, 0.29) is 11.9 Å². The molecule has 138 valence electrons. The molecule has 5 heterocycles. The summed E-state index contributed by atoms with van der Waals surface area (Å²) in [5.41, 5.74) is 2.07. The maximum Gasteiger partial charge on any atom is 0.253 e. The fraction of sp³-hybridized carbons (Fsp3) is 0.600. The number of oxazole rings is 1. The van der Waals surface area contributed by atoms with E-state index in [1.807, 2.05) is 18.2 Å². The number of hydrogen-bond acceptors (Lipinski definition) is 5. The first-order valence-corrected chi connectivity index (χ1v) is 9.91. The first kappa shape index (κ1) is 16.3. The molecule has 4 fully saturated rings. The number of amides is 1. The van der Waals surface area contributed by atoms with Gasteiger partial charge in [0.2, 0.25) is 0 Å². The molecular weight excluding hydrogens is 328 g/mol. The van der Waals surface area contributed by atoms with Crippen LogP contribution in [0.5, 0.6) is 0 Å². The van der Waals surface area contributed by atoms with E-state index in [1.54, 1.807) is 0 Å². The second-order valence-electron chi connectivity index (χ2n) is 7.95. The van der Waals surface area contributed by atoms with Crippen LogP contribution in [-0.2, 0) is 0 Å². The van der Waals surface area contributed by atoms with Gasteiger partial charge in [0, 0.05) is 18.5 Å². The molecule has 6 heteroatoms. The number of carbonyl (C=O) groups excluding carboxylic acids is 1. The molecule has 0 saturated carbocycles. The zero-order valence-electron chi connectivity index (χ0n) is 15.0. The lowest BCUT2D eigenvalue weighted by Gasteiger charge is -2.44. The highest BCUT2D eigenvalue weighted by Gasteiger charge is 2.35. The Morgan fingerprint density at radius 3 is 2.73 bits per heavy atom. The van der Waals surface area contributed by atoms with Gasteiger partial charge in [-0.3, -0.25) is 4.79 Å². The molecule has 1 atom stereocenters. The van der Waals surface area contributed by atoms with E-state index in [1.165, 1.54) is 25.9 Å². The molecule has 1 aromatic carbocycles. The minimum atomic E-state index is -0.0143. The molecule has 0 aliphatic carbocycles. The van der Waals surface area contributed by atoms with Crippen LogP contribution in [0.4, 0.5) is 0 Å².